The number of nitro groups is 1. The highest BCUT2D eigenvalue weighted by atomic mass is 19.1. The van der Waals surface area contributed by atoms with Gasteiger partial charge >= 0.3 is 5.97 Å². The third kappa shape index (κ3) is 4.58. The molecular formula is C19H13FN2O6. The van der Waals surface area contributed by atoms with E-state index in [1.54, 1.807) is 0 Å². The molecule has 1 aromatic heterocycles. The molecule has 9 heteroatoms. The van der Waals surface area contributed by atoms with Gasteiger partial charge in [-0.25, -0.2) is 9.18 Å². The molecule has 0 saturated carbocycles. The Labute approximate surface area is 157 Å². The lowest BCUT2D eigenvalue weighted by Gasteiger charge is -2.05. The third-order valence-corrected chi connectivity index (χ3v) is 3.61. The minimum Gasteiger partial charge on any atom is -0.450 e. The minimum atomic E-state index is -0.859. The van der Waals surface area contributed by atoms with Crippen LogP contribution in [0.3, 0.4) is 0 Å². The molecular weight excluding hydrogens is 371 g/mol. The van der Waals surface area contributed by atoms with Crippen molar-refractivity contribution in [3.05, 3.63) is 82.4 Å². The summed E-state index contributed by atoms with van der Waals surface area (Å²) >= 11 is 0. The summed E-state index contributed by atoms with van der Waals surface area (Å²) < 4.78 is 23.3. The fraction of sp³-hybridized carbons (Fsp3) is 0.0526. The molecule has 0 radical (unpaired) electrons. The molecule has 8 nitrogen and oxygen atoms in total. The second-order valence-corrected chi connectivity index (χ2v) is 5.60. The van der Waals surface area contributed by atoms with Crippen LogP contribution < -0.4 is 5.32 Å². The molecule has 0 fully saturated rings. The summed E-state index contributed by atoms with van der Waals surface area (Å²) in [6, 6.07) is 13.7. The minimum absolute atomic E-state index is 0.0701. The van der Waals surface area contributed by atoms with Crippen molar-refractivity contribution in [2.24, 2.45) is 0 Å². The van der Waals surface area contributed by atoms with Crippen LogP contribution in [0.1, 0.15) is 10.6 Å². The van der Waals surface area contributed by atoms with E-state index in [0.717, 1.165) is 6.07 Å². The highest BCUT2D eigenvalue weighted by molar-refractivity contribution is 5.94. The first-order chi connectivity index (χ1) is 13.4. The van der Waals surface area contributed by atoms with Crippen LogP contribution in [0.5, 0.6) is 0 Å². The number of nitro benzene ring substituents is 1. The maximum Gasteiger partial charge on any atom is 0.374 e. The quantitative estimate of drug-likeness (QED) is 0.393. The zero-order valence-electron chi connectivity index (χ0n) is 14.3. The van der Waals surface area contributed by atoms with E-state index >= 15 is 0 Å². The van der Waals surface area contributed by atoms with Gasteiger partial charge in [-0.3, -0.25) is 14.9 Å². The van der Waals surface area contributed by atoms with Gasteiger partial charge in [0.15, 0.2) is 6.61 Å². The zero-order valence-corrected chi connectivity index (χ0v) is 14.3. The number of hydrogen-bond acceptors (Lipinski definition) is 6. The van der Waals surface area contributed by atoms with Crippen LogP contribution >= 0.6 is 0 Å². The summed E-state index contributed by atoms with van der Waals surface area (Å²) in [5.74, 6) is -1.83. The number of rotatable bonds is 6. The van der Waals surface area contributed by atoms with E-state index in [1.165, 1.54) is 54.6 Å². The molecule has 1 amide bonds. The predicted octanol–water partition coefficient (Wildman–Crippen LogP) is 3.79. The lowest BCUT2D eigenvalue weighted by Crippen LogP contribution is -2.20. The van der Waals surface area contributed by atoms with Gasteiger partial charge < -0.3 is 14.5 Å². The Morgan fingerprint density at radius 3 is 2.54 bits per heavy atom. The van der Waals surface area contributed by atoms with Gasteiger partial charge in [0, 0.05) is 23.4 Å². The molecule has 0 aliphatic heterocycles. The van der Waals surface area contributed by atoms with Gasteiger partial charge in [0.1, 0.15) is 11.6 Å². The number of furan rings is 1. The van der Waals surface area contributed by atoms with Crippen molar-refractivity contribution >= 4 is 23.3 Å². The van der Waals surface area contributed by atoms with Gasteiger partial charge in [-0.1, -0.05) is 6.07 Å². The normalized spacial score (nSPS) is 10.3. The van der Waals surface area contributed by atoms with Crippen LogP contribution in [0.4, 0.5) is 15.8 Å². The van der Waals surface area contributed by atoms with Gasteiger partial charge in [0.2, 0.25) is 5.76 Å². The largest absolute Gasteiger partial charge is 0.450 e. The van der Waals surface area contributed by atoms with Crippen molar-refractivity contribution in [2.45, 2.75) is 0 Å². The fourth-order valence-electron chi connectivity index (χ4n) is 2.32. The molecule has 0 spiro atoms. The number of non-ortho nitro benzene ring substituents is 1. The number of benzene rings is 2. The van der Waals surface area contributed by atoms with E-state index < -0.39 is 29.2 Å². The van der Waals surface area contributed by atoms with E-state index in [0.29, 0.717) is 11.3 Å². The van der Waals surface area contributed by atoms with Crippen LogP contribution in [0, 0.1) is 15.9 Å². The first kappa shape index (κ1) is 18.8. The van der Waals surface area contributed by atoms with Crippen LogP contribution in [-0.2, 0) is 9.53 Å². The van der Waals surface area contributed by atoms with Crippen LogP contribution in [0.25, 0.3) is 11.3 Å². The van der Waals surface area contributed by atoms with Crippen LogP contribution in [0.15, 0.2) is 65.1 Å². The van der Waals surface area contributed by atoms with Crippen LogP contribution in [-0.4, -0.2) is 23.4 Å². The Morgan fingerprint density at radius 2 is 1.86 bits per heavy atom. The van der Waals surface area contributed by atoms with Crippen LogP contribution in [0.2, 0.25) is 0 Å². The van der Waals surface area contributed by atoms with Gasteiger partial charge in [0.05, 0.1) is 4.92 Å². The maximum absolute atomic E-state index is 13.1. The molecule has 2 aromatic carbocycles. The predicted molar refractivity (Wildman–Crippen MR) is 96.1 cm³/mol. The van der Waals surface area contributed by atoms with E-state index in [4.69, 9.17) is 9.15 Å². The number of halogens is 1. The molecule has 0 saturated heterocycles. The number of nitrogens with one attached hydrogen (secondary N) is 1. The van der Waals surface area contributed by atoms with Crippen molar-refractivity contribution in [1.82, 2.24) is 0 Å². The summed E-state index contributed by atoms with van der Waals surface area (Å²) in [5.41, 5.74) is 0.701. The van der Waals surface area contributed by atoms with Gasteiger partial charge in [0.25, 0.3) is 11.6 Å². The highest BCUT2D eigenvalue weighted by Gasteiger charge is 2.16. The number of hydrogen-bond donors (Lipinski definition) is 1. The number of carbonyl (C=O) groups excluding carboxylic acids is 2. The molecule has 3 rings (SSSR count). The highest BCUT2D eigenvalue weighted by Crippen LogP contribution is 2.24. The van der Waals surface area contributed by atoms with Crippen molar-refractivity contribution < 1.29 is 28.1 Å². The van der Waals surface area contributed by atoms with Crippen molar-refractivity contribution in [3.63, 3.8) is 0 Å². The number of amides is 1. The lowest BCUT2D eigenvalue weighted by atomic mass is 10.1. The van der Waals surface area contributed by atoms with E-state index in [2.05, 4.69) is 5.32 Å². The second kappa shape index (κ2) is 8.12. The number of nitrogens with zero attached hydrogens (tertiary/aromatic N) is 1. The molecule has 3 aromatic rings. The van der Waals surface area contributed by atoms with E-state index in [9.17, 15) is 24.1 Å². The average molecular weight is 384 g/mol. The smallest absolute Gasteiger partial charge is 0.374 e. The molecule has 1 N–H and O–H groups in total. The van der Waals surface area contributed by atoms with Gasteiger partial charge in [-0.2, -0.15) is 0 Å². The van der Waals surface area contributed by atoms with E-state index in [1.807, 2.05) is 0 Å². The molecule has 0 atom stereocenters. The fourth-order valence-corrected chi connectivity index (χ4v) is 2.32. The summed E-state index contributed by atoms with van der Waals surface area (Å²) in [6.07, 6.45) is 0. The Morgan fingerprint density at radius 1 is 1.11 bits per heavy atom. The average Bonchev–Trinajstić information content (AvgIpc) is 3.16. The van der Waals surface area contributed by atoms with Gasteiger partial charge in [-0.15, -0.1) is 0 Å². The SMILES string of the molecule is O=C(COC(=O)c1ccc(-c2ccc([N+](=O)[O-])cc2)o1)Nc1cccc(F)c1. The van der Waals surface area contributed by atoms with Crippen molar-refractivity contribution in [3.8, 4) is 11.3 Å². The number of carbonyl (C=O) groups is 2. The summed E-state index contributed by atoms with van der Waals surface area (Å²) in [4.78, 5) is 33.9. The zero-order chi connectivity index (χ0) is 20.1. The second-order valence-electron chi connectivity index (χ2n) is 5.60. The monoisotopic (exact) mass is 384 g/mol. The van der Waals surface area contributed by atoms with Gasteiger partial charge in [-0.05, 0) is 42.5 Å². The number of esters is 1. The van der Waals surface area contributed by atoms with Crippen molar-refractivity contribution in [2.75, 3.05) is 11.9 Å². The Bertz CT molecular complexity index is 1030. The topological polar surface area (TPSA) is 112 Å². The lowest BCUT2D eigenvalue weighted by molar-refractivity contribution is -0.384. The Hall–Kier alpha value is -4.01. The summed E-state index contributed by atoms with van der Waals surface area (Å²) in [7, 11) is 0. The maximum atomic E-state index is 13.1. The molecule has 1 heterocycles. The molecule has 0 aliphatic carbocycles. The summed E-state index contributed by atoms with van der Waals surface area (Å²) in [5, 5.41) is 13.1. The van der Waals surface area contributed by atoms with E-state index in [-0.39, 0.29) is 17.1 Å². The molecule has 28 heavy (non-hydrogen) atoms. The first-order valence-electron chi connectivity index (χ1n) is 7.99. The number of anilines is 1. The summed E-state index contributed by atoms with van der Waals surface area (Å²) in [6.45, 7) is -0.580. The molecule has 142 valence electrons. The molecule has 0 aliphatic rings. The standard InChI is InChI=1S/C19H13FN2O6/c20-13-2-1-3-14(10-13)21-18(23)11-27-19(24)17-9-8-16(28-17)12-4-6-15(7-5-12)22(25)26/h1-10H,11H2,(H,21,23). The molecule has 0 unspecified atom stereocenters. The Balaban J connectivity index is 1.58. The molecule has 0 bridgehead atoms. The Kier molecular flexibility index (Phi) is 5.45. The van der Waals surface area contributed by atoms with Crippen molar-refractivity contribution in [1.29, 1.82) is 0 Å². The first-order valence-corrected chi connectivity index (χ1v) is 7.99. The third-order valence-electron chi connectivity index (χ3n) is 3.61. The number of ether oxygens (including phenoxy) is 1.